The van der Waals surface area contributed by atoms with Gasteiger partial charge in [0.2, 0.25) is 0 Å². The molecular weight excluding hydrogens is 544 g/mol. The summed E-state index contributed by atoms with van der Waals surface area (Å²) in [4.78, 5) is 37.8. The molecular formula is C31H29F2N5O4. The maximum Gasteiger partial charge on any atom is 0.410 e. The summed E-state index contributed by atoms with van der Waals surface area (Å²) in [7, 11) is 1.14. The van der Waals surface area contributed by atoms with E-state index in [4.69, 9.17) is 14.5 Å². The fourth-order valence-electron chi connectivity index (χ4n) is 5.08. The third-order valence-electron chi connectivity index (χ3n) is 7.00. The Morgan fingerprint density at radius 2 is 1.86 bits per heavy atom. The van der Waals surface area contributed by atoms with Gasteiger partial charge in [0.15, 0.2) is 17.4 Å². The van der Waals surface area contributed by atoms with Crippen LogP contribution in [0, 0.1) is 29.9 Å². The van der Waals surface area contributed by atoms with Crippen LogP contribution >= 0.6 is 0 Å². The number of methoxy groups -OCH3 is 1. The molecule has 0 aliphatic carbocycles. The van der Waals surface area contributed by atoms with E-state index in [1.165, 1.54) is 11.0 Å². The van der Waals surface area contributed by atoms with Crippen molar-refractivity contribution in [3.05, 3.63) is 81.7 Å². The zero-order valence-electron chi connectivity index (χ0n) is 23.9. The highest BCUT2D eigenvalue weighted by atomic mass is 19.1. The molecule has 5 rings (SSSR count). The highest BCUT2D eigenvalue weighted by Crippen LogP contribution is 2.34. The van der Waals surface area contributed by atoms with Crippen molar-refractivity contribution in [3.8, 4) is 28.6 Å². The minimum Gasteiger partial charge on any atom is -0.491 e. The Morgan fingerprint density at radius 1 is 1.14 bits per heavy atom. The van der Waals surface area contributed by atoms with Gasteiger partial charge < -0.3 is 14.4 Å². The number of aryl methyl sites for hydroxylation is 1. The highest BCUT2D eigenvalue weighted by Gasteiger charge is 2.34. The summed E-state index contributed by atoms with van der Waals surface area (Å²) >= 11 is 0. The normalized spacial score (nSPS) is 15.1. The number of aromatic nitrogens is 3. The summed E-state index contributed by atoms with van der Waals surface area (Å²) in [6, 6.07) is 10.7. The van der Waals surface area contributed by atoms with Gasteiger partial charge in [0, 0.05) is 54.2 Å². The lowest BCUT2D eigenvalue weighted by Gasteiger charge is -2.24. The van der Waals surface area contributed by atoms with Gasteiger partial charge in [-0.3, -0.25) is 14.3 Å². The van der Waals surface area contributed by atoms with Crippen molar-refractivity contribution in [2.45, 2.75) is 45.6 Å². The van der Waals surface area contributed by atoms with E-state index >= 15 is 0 Å². The lowest BCUT2D eigenvalue weighted by molar-refractivity contribution is 0.0292. The van der Waals surface area contributed by atoms with Crippen molar-refractivity contribution in [2.24, 2.45) is 0 Å². The average Bonchev–Trinajstić information content (AvgIpc) is 3.42. The molecule has 1 saturated heterocycles. The molecule has 4 aromatic rings. The topological polar surface area (TPSA) is 110 Å². The highest BCUT2D eigenvalue weighted by molar-refractivity contribution is 5.94. The van der Waals surface area contributed by atoms with Crippen LogP contribution in [0.25, 0.3) is 27.7 Å². The Kier molecular flexibility index (Phi) is 7.41. The number of benzene rings is 2. The Hall–Kier alpha value is -4.85. The molecule has 2 aromatic carbocycles. The summed E-state index contributed by atoms with van der Waals surface area (Å²) in [5, 5.41) is 9.84. The van der Waals surface area contributed by atoms with Crippen LogP contribution in [0.1, 0.15) is 50.2 Å². The van der Waals surface area contributed by atoms with Gasteiger partial charge in [-0.15, -0.1) is 0 Å². The molecule has 42 heavy (non-hydrogen) atoms. The van der Waals surface area contributed by atoms with Crippen LogP contribution in [-0.2, 0) is 4.74 Å². The lowest BCUT2D eigenvalue weighted by Crippen LogP contribution is -2.35. The smallest absolute Gasteiger partial charge is 0.410 e. The van der Waals surface area contributed by atoms with Crippen molar-refractivity contribution in [1.29, 1.82) is 5.26 Å². The van der Waals surface area contributed by atoms with Gasteiger partial charge in [0.05, 0.1) is 35.3 Å². The Labute approximate surface area is 241 Å². The van der Waals surface area contributed by atoms with Crippen molar-refractivity contribution >= 4 is 17.0 Å². The molecule has 216 valence electrons. The lowest BCUT2D eigenvalue weighted by atomic mass is 9.99. The fraction of sp³-hybridized carbons (Fsp3) is 0.323. The summed E-state index contributed by atoms with van der Waals surface area (Å²) in [5.74, 6) is -2.83. The molecule has 1 unspecified atom stereocenters. The number of pyridine rings is 1. The van der Waals surface area contributed by atoms with Crippen LogP contribution in [0.2, 0.25) is 0 Å². The molecule has 0 N–H and O–H groups in total. The van der Waals surface area contributed by atoms with Gasteiger partial charge in [0.1, 0.15) is 11.4 Å². The van der Waals surface area contributed by atoms with E-state index in [1.807, 2.05) is 13.0 Å². The molecule has 1 aliphatic rings. The van der Waals surface area contributed by atoms with Gasteiger partial charge >= 0.3 is 6.09 Å². The number of ether oxygens (including phenoxy) is 2. The van der Waals surface area contributed by atoms with E-state index in [1.54, 1.807) is 39.1 Å². The molecule has 0 radical (unpaired) electrons. The summed E-state index contributed by atoms with van der Waals surface area (Å²) in [6.07, 6.45) is 1.55. The zero-order valence-corrected chi connectivity index (χ0v) is 23.9. The van der Waals surface area contributed by atoms with Crippen LogP contribution in [0.5, 0.6) is 5.75 Å². The molecule has 1 amide bonds. The molecule has 1 atom stereocenters. The largest absolute Gasteiger partial charge is 0.491 e. The van der Waals surface area contributed by atoms with E-state index in [2.05, 4.69) is 11.1 Å². The summed E-state index contributed by atoms with van der Waals surface area (Å²) < 4.78 is 41.3. The minimum absolute atomic E-state index is 0.0898. The molecule has 1 fully saturated rings. The maximum atomic E-state index is 14.9. The van der Waals surface area contributed by atoms with E-state index in [0.29, 0.717) is 29.6 Å². The number of carbonyl (C=O) groups is 1. The second-order valence-electron chi connectivity index (χ2n) is 11.2. The molecule has 1 aliphatic heterocycles. The molecule has 0 spiro atoms. The van der Waals surface area contributed by atoms with Crippen LogP contribution in [-0.4, -0.2) is 51.3 Å². The number of amides is 1. The second-order valence-corrected chi connectivity index (χ2v) is 11.2. The third-order valence-corrected chi connectivity index (χ3v) is 7.00. The standard InChI is InChI=1S/C31H29F2N5O4/c1-17-6-7-19(15-35-17)22-10-18(14-34)11-23-26(22)36-28(20-8-9-37(16-20)30(40)42-31(2,3)4)38(29(23)39)21-12-24(32)27(41-5)25(33)13-21/h6-7,10-13,15,20H,8-9,16H2,1-5H3. The molecule has 0 saturated carbocycles. The SMILES string of the molecule is COc1c(F)cc(-n2c(C3CCN(C(=O)OC(C)(C)C)C3)nc3c(-c4ccc(C)nc4)cc(C#N)cc3c2=O)cc1F. The Morgan fingerprint density at radius 3 is 2.45 bits per heavy atom. The number of hydrogen-bond acceptors (Lipinski definition) is 7. The number of carbonyl (C=O) groups excluding carboxylic acids is 1. The van der Waals surface area contributed by atoms with Gasteiger partial charge in [-0.05, 0) is 52.3 Å². The van der Waals surface area contributed by atoms with Gasteiger partial charge in [0.25, 0.3) is 5.56 Å². The minimum atomic E-state index is -0.996. The van der Waals surface area contributed by atoms with Crippen molar-refractivity contribution in [2.75, 3.05) is 20.2 Å². The van der Waals surface area contributed by atoms with E-state index in [-0.39, 0.29) is 29.0 Å². The van der Waals surface area contributed by atoms with Crippen molar-refractivity contribution in [1.82, 2.24) is 19.4 Å². The second kappa shape index (κ2) is 10.9. The van der Waals surface area contributed by atoms with E-state index in [0.717, 1.165) is 29.5 Å². The predicted octanol–water partition coefficient (Wildman–Crippen LogP) is 5.64. The Balaban J connectivity index is 1.76. The van der Waals surface area contributed by atoms with Crippen LogP contribution < -0.4 is 10.3 Å². The fourth-order valence-corrected chi connectivity index (χ4v) is 5.08. The number of nitrogens with zero attached hydrogens (tertiary/aromatic N) is 5. The number of rotatable bonds is 4. The van der Waals surface area contributed by atoms with Gasteiger partial charge in [-0.1, -0.05) is 6.07 Å². The maximum absolute atomic E-state index is 14.9. The van der Waals surface area contributed by atoms with Crippen LogP contribution in [0.3, 0.4) is 0 Å². The van der Waals surface area contributed by atoms with E-state index < -0.39 is 40.6 Å². The van der Waals surface area contributed by atoms with Gasteiger partial charge in [-0.25, -0.2) is 18.6 Å². The Bertz CT molecular complexity index is 1780. The predicted molar refractivity (Wildman–Crippen MR) is 152 cm³/mol. The monoisotopic (exact) mass is 573 g/mol. The van der Waals surface area contributed by atoms with Crippen molar-refractivity contribution < 1.29 is 23.0 Å². The number of fused-ring (bicyclic) bond motifs is 1. The van der Waals surface area contributed by atoms with E-state index in [9.17, 15) is 23.6 Å². The zero-order chi connectivity index (χ0) is 30.3. The van der Waals surface area contributed by atoms with Crippen LogP contribution in [0.15, 0.2) is 47.4 Å². The molecule has 11 heteroatoms. The number of halogens is 2. The molecule has 9 nitrogen and oxygen atoms in total. The summed E-state index contributed by atoms with van der Waals surface area (Å²) in [6.45, 7) is 7.65. The van der Waals surface area contributed by atoms with Gasteiger partial charge in [-0.2, -0.15) is 5.26 Å². The first-order valence-electron chi connectivity index (χ1n) is 13.4. The molecule has 2 aromatic heterocycles. The number of likely N-dealkylation sites (tertiary alicyclic amines) is 1. The summed E-state index contributed by atoms with van der Waals surface area (Å²) in [5.41, 5.74) is 1.03. The third kappa shape index (κ3) is 5.40. The first-order valence-corrected chi connectivity index (χ1v) is 13.4. The average molecular weight is 574 g/mol. The van der Waals surface area contributed by atoms with Crippen LogP contribution in [0.4, 0.5) is 13.6 Å². The first-order chi connectivity index (χ1) is 19.9. The molecule has 0 bridgehead atoms. The van der Waals surface area contributed by atoms with Crippen molar-refractivity contribution in [3.63, 3.8) is 0 Å². The quantitative estimate of drug-likeness (QED) is 0.311. The first kappa shape index (κ1) is 28.7. The number of nitriles is 1. The molecule has 3 heterocycles. The number of hydrogen-bond donors (Lipinski definition) is 0.